The van der Waals surface area contributed by atoms with E-state index in [1.807, 2.05) is 20.8 Å². The zero-order chi connectivity index (χ0) is 14.4. The van der Waals surface area contributed by atoms with Crippen LogP contribution in [0, 0.1) is 0 Å². The number of hydrogen-bond acceptors (Lipinski definition) is 3. The number of hydrogen-bond donors (Lipinski definition) is 3. The van der Waals surface area contributed by atoms with E-state index in [1.165, 1.54) is 0 Å². The van der Waals surface area contributed by atoms with Gasteiger partial charge in [-0.15, -0.1) is 0 Å². The Bertz CT molecular complexity index is 442. The largest absolute Gasteiger partial charge is 0.480 e. The lowest BCUT2D eigenvalue weighted by molar-refractivity contribution is -0.139. The normalized spacial score (nSPS) is 12.2. The van der Waals surface area contributed by atoms with Crippen LogP contribution in [0.2, 0.25) is 0 Å². The molecule has 1 rings (SSSR count). The summed E-state index contributed by atoms with van der Waals surface area (Å²) in [5, 5.41) is 18.0. The van der Waals surface area contributed by atoms with E-state index in [4.69, 9.17) is 5.11 Å². The Hall–Kier alpha value is -2.05. The molecule has 1 atom stereocenters. The van der Waals surface area contributed by atoms with E-state index >= 15 is 0 Å². The summed E-state index contributed by atoms with van der Waals surface area (Å²) in [7, 11) is 0. The maximum atomic E-state index is 11.6. The summed E-state index contributed by atoms with van der Waals surface area (Å²) < 4.78 is 1.70. The molecule has 19 heavy (non-hydrogen) atoms. The molecule has 0 aliphatic heterocycles. The minimum absolute atomic E-state index is 0.200. The maximum absolute atomic E-state index is 11.6. The fourth-order valence-corrected chi connectivity index (χ4v) is 1.55. The molecule has 0 aliphatic carbocycles. The molecule has 0 bridgehead atoms. The number of carbonyl (C=O) groups excluding carboxylic acids is 1. The number of nitrogens with zero attached hydrogens (tertiary/aromatic N) is 2. The van der Waals surface area contributed by atoms with Gasteiger partial charge >= 0.3 is 12.0 Å². The van der Waals surface area contributed by atoms with E-state index in [0.29, 0.717) is 18.7 Å². The van der Waals surface area contributed by atoms with E-state index in [-0.39, 0.29) is 6.04 Å². The summed E-state index contributed by atoms with van der Waals surface area (Å²) in [6.45, 7) is 5.80. The molecule has 0 saturated heterocycles. The highest BCUT2D eigenvalue weighted by Crippen LogP contribution is 2.08. The summed E-state index contributed by atoms with van der Waals surface area (Å²) in [6, 6.07) is 0.423. The maximum Gasteiger partial charge on any atom is 0.326 e. The lowest BCUT2D eigenvalue weighted by Gasteiger charge is -2.13. The first kappa shape index (κ1) is 15.0. The van der Waals surface area contributed by atoms with Gasteiger partial charge in [0.15, 0.2) is 5.82 Å². The number of aromatic nitrogens is 2. The van der Waals surface area contributed by atoms with Gasteiger partial charge in [-0.2, -0.15) is 5.10 Å². The Morgan fingerprint density at radius 2 is 2.16 bits per heavy atom. The minimum atomic E-state index is -1.04. The van der Waals surface area contributed by atoms with Crippen molar-refractivity contribution in [1.82, 2.24) is 15.1 Å². The van der Waals surface area contributed by atoms with Gasteiger partial charge in [0, 0.05) is 18.3 Å². The number of rotatable bonds is 6. The van der Waals surface area contributed by atoms with Gasteiger partial charge in [-0.1, -0.05) is 13.3 Å². The molecule has 0 fully saturated rings. The number of carboxylic acids is 1. The highest BCUT2D eigenvalue weighted by Gasteiger charge is 2.19. The zero-order valence-electron chi connectivity index (χ0n) is 11.4. The van der Waals surface area contributed by atoms with Crippen LogP contribution in [0.25, 0.3) is 0 Å². The Kier molecular flexibility index (Phi) is 5.35. The van der Waals surface area contributed by atoms with Crippen molar-refractivity contribution in [2.45, 2.75) is 45.7 Å². The van der Waals surface area contributed by atoms with Crippen molar-refractivity contribution in [3.63, 3.8) is 0 Å². The molecular weight excluding hydrogens is 248 g/mol. The lowest BCUT2D eigenvalue weighted by Crippen LogP contribution is -2.42. The van der Waals surface area contributed by atoms with E-state index in [2.05, 4.69) is 15.7 Å². The summed E-state index contributed by atoms with van der Waals surface area (Å²) in [4.78, 5) is 22.6. The average molecular weight is 268 g/mol. The van der Waals surface area contributed by atoms with Crippen LogP contribution in [0.3, 0.4) is 0 Å². The Morgan fingerprint density at radius 3 is 2.63 bits per heavy atom. The van der Waals surface area contributed by atoms with Crippen molar-refractivity contribution in [3.8, 4) is 0 Å². The molecule has 0 saturated carbocycles. The van der Waals surface area contributed by atoms with Gasteiger partial charge in [0.1, 0.15) is 6.04 Å². The number of urea groups is 1. The second-order valence-electron chi connectivity index (χ2n) is 4.55. The van der Waals surface area contributed by atoms with Gasteiger partial charge in [-0.25, -0.2) is 9.59 Å². The predicted octanol–water partition coefficient (Wildman–Crippen LogP) is 1.84. The number of carboxylic acid groups (broad SMARTS) is 1. The van der Waals surface area contributed by atoms with Crippen molar-refractivity contribution in [2.24, 2.45) is 0 Å². The molecule has 3 N–H and O–H groups in total. The van der Waals surface area contributed by atoms with E-state index < -0.39 is 18.0 Å². The molecule has 0 spiro atoms. The highest BCUT2D eigenvalue weighted by molar-refractivity contribution is 5.91. The summed E-state index contributed by atoms with van der Waals surface area (Å²) in [5.41, 5.74) is 0. The van der Waals surface area contributed by atoms with Crippen molar-refractivity contribution < 1.29 is 14.7 Å². The van der Waals surface area contributed by atoms with Crippen LogP contribution in [-0.4, -0.2) is 32.9 Å². The van der Waals surface area contributed by atoms with Gasteiger partial charge in [0.25, 0.3) is 0 Å². The van der Waals surface area contributed by atoms with E-state index in [1.54, 1.807) is 16.9 Å². The molecule has 1 heterocycles. The van der Waals surface area contributed by atoms with Gasteiger partial charge in [0.05, 0.1) is 0 Å². The first-order valence-electron chi connectivity index (χ1n) is 6.29. The van der Waals surface area contributed by atoms with Crippen molar-refractivity contribution >= 4 is 17.8 Å². The Labute approximate surface area is 112 Å². The van der Waals surface area contributed by atoms with Crippen LogP contribution in [-0.2, 0) is 4.79 Å². The molecule has 0 aromatic carbocycles. The second-order valence-corrected chi connectivity index (χ2v) is 4.55. The van der Waals surface area contributed by atoms with Crippen LogP contribution in [0.5, 0.6) is 0 Å². The summed E-state index contributed by atoms with van der Waals surface area (Å²) >= 11 is 0. The van der Waals surface area contributed by atoms with Crippen LogP contribution in [0.15, 0.2) is 12.3 Å². The minimum Gasteiger partial charge on any atom is -0.480 e. The first-order valence-corrected chi connectivity index (χ1v) is 6.29. The smallest absolute Gasteiger partial charge is 0.326 e. The standard InChI is InChI=1S/C12H20N4O3/c1-4-5-9(11(17)18)13-12(19)14-10-6-7-16(15-10)8(2)3/h6-9H,4-5H2,1-3H3,(H,17,18)(H2,13,14,15,19). The number of anilines is 1. The SMILES string of the molecule is CCCC(NC(=O)Nc1ccn(C(C)C)n1)C(=O)O. The fraction of sp³-hybridized carbons (Fsp3) is 0.583. The third kappa shape index (κ3) is 4.61. The summed E-state index contributed by atoms with van der Waals surface area (Å²) in [5.74, 6) is -0.642. The molecule has 1 aromatic rings. The lowest BCUT2D eigenvalue weighted by atomic mass is 10.2. The monoisotopic (exact) mass is 268 g/mol. The van der Waals surface area contributed by atoms with Crippen molar-refractivity contribution in [3.05, 3.63) is 12.3 Å². The van der Waals surface area contributed by atoms with E-state index in [9.17, 15) is 9.59 Å². The van der Waals surface area contributed by atoms with E-state index in [0.717, 1.165) is 0 Å². The Balaban J connectivity index is 2.56. The van der Waals surface area contributed by atoms with Crippen molar-refractivity contribution in [1.29, 1.82) is 0 Å². The topological polar surface area (TPSA) is 96.3 Å². The van der Waals surface area contributed by atoms with Gasteiger partial charge in [0.2, 0.25) is 0 Å². The quantitative estimate of drug-likeness (QED) is 0.733. The number of amides is 2. The molecule has 2 amide bonds. The highest BCUT2D eigenvalue weighted by atomic mass is 16.4. The molecular formula is C12H20N4O3. The molecule has 1 aromatic heterocycles. The Morgan fingerprint density at radius 1 is 1.47 bits per heavy atom. The fourth-order valence-electron chi connectivity index (χ4n) is 1.55. The first-order chi connectivity index (χ1) is 8.93. The van der Waals surface area contributed by atoms with Crippen molar-refractivity contribution in [2.75, 3.05) is 5.32 Å². The zero-order valence-corrected chi connectivity index (χ0v) is 11.4. The molecule has 0 aliphatic rings. The van der Waals surface area contributed by atoms with Gasteiger partial charge < -0.3 is 10.4 Å². The molecule has 7 nitrogen and oxygen atoms in total. The van der Waals surface area contributed by atoms with Crippen LogP contribution >= 0.6 is 0 Å². The second kappa shape index (κ2) is 6.77. The third-order valence-electron chi connectivity index (χ3n) is 2.56. The summed E-state index contributed by atoms with van der Waals surface area (Å²) in [6.07, 6.45) is 2.82. The van der Waals surface area contributed by atoms with Crippen LogP contribution in [0.4, 0.5) is 10.6 Å². The number of aliphatic carboxylic acids is 1. The molecule has 7 heteroatoms. The van der Waals surface area contributed by atoms with Gasteiger partial charge in [-0.05, 0) is 20.3 Å². The average Bonchev–Trinajstić information content (AvgIpc) is 2.76. The van der Waals surface area contributed by atoms with Gasteiger partial charge in [-0.3, -0.25) is 10.00 Å². The number of carbonyl (C=O) groups is 2. The molecule has 1 unspecified atom stereocenters. The molecule has 106 valence electrons. The molecule has 0 radical (unpaired) electrons. The third-order valence-corrected chi connectivity index (χ3v) is 2.56. The van der Waals surface area contributed by atoms with Crippen LogP contribution in [0.1, 0.15) is 39.7 Å². The number of nitrogens with one attached hydrogen (secondary N) is 2. The van der Waals surface area contributed by atoms with Crippen LogP contribution < -0.4 is 10.6 Å². The predicted molar refractivity (Wildman–Crippen MR) is 71.1 cm³/mol.